The fraction of sp³-hybridized carbons (Fsp3) is 0.727. The fourth-order valence-corrected chi connectivity index (χ4v) is 10.1. The van der Waals surface area contributed by atoms with Crippen molar-refractivity contribution in [2.24, 2.45) is 29.1 Å². The molecule has 0 aromatic heterocycles. The molecule has 2 fully saturated rings. The van der Waals surface area contributed by atoms with Crippen molar-refractivity contribution in [2.45, 2.75) is 123 Å². The minimum atomic E-state index is -0.300. The van der Waals surface area contributed by atoms with E-state index in [4.69, 9.17) is 14.2 Å². The quantitative estimate of drug-likeness (QED) is 0.129. The summed E-state index contributed by atoms with van der Waals surface area (Å²) in [5.41, 5.74) is 7.76. The molecular formula is C44H68N2O5. The summed E-state index contributed by atoms with van der Waals surface area (Å²) in [6.45, 7) is 9.28. The lowest BCUT2D eigenvalue weighted by molar-refractivity contribution is -0.114. The summed E-state index contributed by atoms with van der Waals surface area (Å²) >= 11 is 0. The van der Waals surface area contributed by atoms with Crippen molar-refractivity contribution in [3.8, 4) is 0 Å². The number of benzene rings is 1. The molecule has 1 N–H and O–H groups in total. The van der Waals surface area contributed by atoms with Gasteiger partial charge >= 0.3 is 6.09 Å². The number of amides is 1. The second-order valence-electron chi connectivity index (χ2n) is 16.3. The third kappa shape index (κ3) is 10.7. The molecule has 4 aliphatic rings. The van der Waals surface area contributed by atoms with Gasteiger partial charge in [0, 0.05) is 46.0 Å². The first kappa shape index (κ1) is 39.6. The monoisotopic (exact) mass is 705 g/mol. The average molecular weight is 705 g/mol. The van der Waals surface area contributed by atoms with Crippen molar-refractivity contribution in [2.75, 3.05) is 58.6 Å². The van der Waals surface area contributed by atoms with Crippen molar-refractivity contribution in [3.63, 3.8) is 0 Å². The van der Waals surface area contributed by atoms with E-state index >= 15 is 0 Å². The van der Waals surface area contributed by atoms with E-state index in [1.165, 1.54) is 81.0 Å². The molecule has 0 saturated heterocycles. The lowest BCUT2D eigenvalue weighted by Gasteiger charge is -2.52. The maximum absolute atomic E-state index is 12.2. The molecule has 2 unspecified atom stereocenters. The number of anilines is 1. The maximum atomic E-state index is 12.2. The molecule has 4 aliphatic carbocycles. The van der Waals surface area contributed by atoms with Crippen molar-refractivity contribution in [1.29, 1.82) is 0 Å². The number of carbonyl (C=O) groups is 2. The van der Waals surface area contributed by atoms with Gasteiger partial charge in [0.2, 0.25) is 0 Å². The number of unbranched alkanes of at least 4 members (excludes halogenated alkanes) is 6. The van der Waals surface area contributed by atoms with Gasteiger partial charge in [-0.25, -0.2) is 4.79 Å². The number of nitrogens with zero attached hydrogens (tertiary/aromatic N) is 1. The molecule has 1 amide bonds. The summed E-state index contributed by atoms with van der Waals surface area (Å²) < 4.78 is 16.0. The molecule has 7 nitrogen and oxygen atoms in total. The van der Waals surface area contributed by atoms with Gasteiger partial charge in [-0.05, 0) is 128 Å². The van der Waals surface area contributed by atoms with Crippen LogP contribution < -0.4 is 10.2 Å². The molecular weight excluding hydrogens is 636 g/mol. The van der Waals surface area contributed by atoms with Gasteiger partial charge in [-0.1, -0.05) is 70.1 Å². The molecule has 0 spiro atoms. The molecule has 7 heteroatoms. The number of methoxy groups -OCH3 is 2. The van der Waals surface area contributed by atoms with Gasteiger partial charge in [-0.2, -0.15) is 0 Å². The zero-order valence-corrected chi connectivity index (χ0v) is 32.4. The van der Waals surface area contributed by atoms with Crippen LogP contribution in [0.3, 0.4) is 0 Å². The second kappa shape index (κ2) is 20.0. The van der Waals surface area contributed by atoms with Crippen molar-refractivity contribution in [3.05, 3.63) is 52.6 Å². The summed E-state index contributed by atoms with van der Waals surface area (Å²) in [7, 11) is 3.45. The predicted molar refractivity (Wildman–Crippen MR) is 207 cm³/mol. The third-order valence-electron chi connectivity index (χ3n) is 13.1. The van der Waals surface area contributed by atoms with Gasteiger partial charge in [-0.15, -0.1) is 0 Å². The average Bonchev–Trinajstić information content (AvgIpc) is 3.44. The molecule has 0 radical (unpaired) electrons. The van der Waals surface area contributed by atoms with Gasteiger partial charge < -0.3 is 24.4 Å². The van der Waals surface area contributed by atoms with Crippen LogP contribution in [-0.2, 0) is 25.4 Å². The summed E-state index contributed by atoms with van der Waals surface area (Å²) in [4.78, 5) is 26.7. The Morgan fingerprint density at radius 2 is 1.57 bits per heavy atom. The lowest BCUT2D eigenvalue weighted by Crippen LogP contribution is -2.43. The Labute approximate surface area is 309 Å². The Bertz CT molecular complexity index is 1310. The highest BCUT2D eigenvalue weighted by atomic mass is 16.5. The van der Waals surface area contributed by atoms with E-state index in [0.29, 0.717) is 43.5 Å². The molecule has 1 aromatic carbocycles. The molecule has 5 atom stereocenters. The van der Waals surface area contributed by atoms with Crippen molar-refractivity contribution in [1.82, 2.24) is 5.32 Å². The van der Waals surface area contributed by atoms with E-state index in [-0.39, 0.29) is 6.09 Å². The Hall–Kier alpha value is -2.64. The minimum absolute atomic E-state index is 0.300. The SMILES string of the molecule is COCCN(CCOC)c1ccc(CCCNC(=O)OCCCCCCCCC[C@H]2C[C@@]3(C)C(CC[C@@H]3C)C3CCC4=CC(=O)CCC4=C32)cc1. The van der Waals surface area contributed by atoms with E-state index in [1.807, 2.05) is 11.6 Å². The summed E-state index contributed by atoms with van der Waals surface area (Å²) in [5.74, 6) is 3.51. The van der Waals surface area contributed by atoms with Crippen LogP contribution in [0.5, 0.6) is 0 Å². The maximum Gasteiger partial charge on any atom is 0.407 e. The van der Waals surface area contributed by atoms with Crippen LogP contribution in [0.2, 0.25) is 0 Å². The second-order valence-corrected chi connectivity index (χ2v) is 16.3. The standard InChI is InChI=1S/C44H68N2O5/c1-33-15-24-41-40-22-18-35-31-38(47)21-23-39(35)42(40)36(32-44(33,41)2)14-10-8-6-5-7-9-11-28-51-43(48)45-25-12-13-34-16-19-37(20-17-34)46(26-29-49-3)27-30-50-4/h16-17,19-20,31,33,36,40-41H,5-15,18,21-30,32H2,1-4H3,(H,45,48)/t33-,36-,40?,41?,44+/m0/s1. The van der Waals surface area contributed by atoms with Gasteiger partial charge in [0.1, 0.15) is 0 Å². The number of hydrogen-bond donors (Lipinski definition) is 1. The molecule has 0 heterocycles. The smallest absolute Gasteiger partial charge is 0.407 e. The number of ketones is 1. The number of carbonyl (C=O) groups excluding carboxylic acids is 2. The van der Waals surface area contributed by atoms with Crippen LogP contribution in [-0.4, -0.2) is 65.6 Å². The Morgan fingerprint density at radius 3 is 2.29 bits per heavy atom. The van der Waals surface area contributed by atoms with Gasteiger partial charge in [-0.3, -0.25) is 4.79 Å². The number of nitrogens with one attached hydrogen (secondary N) is 1. The Kier molecular flexibility index (Phi) is 15.5. The molecule has 51 heavy (non-hydrogen) atoms. The van der Waals surface area contributed by atoms with Gasteiger partial charge in [0.05, 0.1) is 19.8 Å². The first-order valence-corrected chi connectivity index (χ1v) is 20.5. The molecule has 0 bridgehead atoms. The van der Waals surface area contributed by atoms with E-state index < -0.39 is 0 Å². The normalized spacial score (nSPS) is 25.6. The number of allylic oxidation sites excluding steroid dienone is 4. The Morgan fingerprint density at radius 1 is 0.863 bits per heavy atom. The zero-order valence-electron chi connectivity index (χ0n) is 32.4. The first-order chi connectivity index (χ1) is 24.8. The summed E-state index contributed by atoms with van der Waals surface area (Å²) in [6.07, 6.45) is 21.5. The van der Waals surface area contributed by atoms with E-state index in [0.717, 1.165) is 75.8 Å². The van der Waals surface area contributed by atoms with Crippen molar-refractivity contribution < 1.29 is 23.8 Å². The van der Waals surface area contributed by atoms with Gasteiger partial charge in [0.15, 0.2) is 5.78 Å². The number of aryl methyl sites for hydroxylation is 1. The van der Waals surface area contributed by atoms with Crippen LogP contribution in [0.15, 0.2) is 47.1 Å². The predicted octanol–water partition coefficient (Wildman–Crippen LogP) is 9.63. The highest BCUT2D eigenvalue weighted by Crippen LogP contribution is 2.64. The number of fused-ring (bicyclic) bond motifs is 4. The first-order valence-electron chi connectivity index (χ1n) is 20.5. The van der Waals surface area contributed by atoms with Crippen LogP contribution >= 0.6 is 0 Å². The zero-order chi connectivity index (χ0) is 36.1. The van der Waals surface area contributed by atoms with E-state index in [1.54, 1.807) is 19.8 Å². The molecule has 2 saturated carbocycles. The highest BCUT2D eigenvalue weighted by Gasteiger charge is 2.54. The fourth-order valence-electron chi connectivity index (χ4n) is 10.1. The molecule has 284 valence electrons. The van der Waals surface area contributed by atoms with Gasteiger partial charge in [0.25, 0.3) is 0 Å². The highest BCUT2D eigenvalue weighted by molar-refractivity contribution is 5.93. The third-order valence-corrected chi connectivity index (χ3v) is 13.1. The van der Waals surface area contributed by atoms with Crippen LogP contribution in [0, 0.1) is 29.1 Å². The number of hydrogen-bond acceptors (Lipinski definition) is 6. The van der Waals surface area contributed by atoms with Crippen molar-refractivity contribution >= 4 is 17.6 Å². The van der Waals surface area contributed by atoms with Crippen LogP contribution in [0.4, 0.5) is 10.5 Å². The minimum Gasteiger partial charge on any atom is -0.450 e. The van der Waals surface area contributed by atoms with E-state index in [2.05, 4.69) is 48.3 Å². The summed E-state index contributed by atoms with van der Waals surface area (Å²) in [5, 5.41) is 2.91. The lowest BCUT2D eigenvalue weighted by atomic mass is 9.52. The Balaban J connectivity index is 0.916. The molecule has 5 rings (SSSR count). The van der Waals surface area contributed by atoms with Crippen LogP contribution in [0.25, 0.3) is 0 Å². The number of alkyl carbamates (subject to hydrolysis) is 1. The summed E-state index contributed by atoms with van der Waals surface area (Å²) in [6, 6.07) is 8.64. The topological polar surface area (TPSA) is 77.1 Å². The molecule has 1 aromatic rings. The number of ether oxygens (including phenoxy) is 3. The number of rotatable bonds is 21. The van der Waals surface area contributed by atoms with E-state index in [9.17, 15) is 9.59 Å². The molecule has 0 aliphatic heterocycles. The van der Waals surface area contributed by atoms with Crippen LogP contribution in [0.1, 0.15) is 122 Å². The largest absolute Gasteiger partial charge is 0.450 e.